The Hall–Kier alpha value is -1.74. The van der Waals surface area contributed by atoms with Gasteiger partial charge in [0.2, 0.25) is 13.9 Å². The topological polar surface area (TPSA) is 108 Å². The Morgan fingerprint density at radius 1 is 1.58 bits per heavy atom. The van der Waals surface area contributed by atoms with E-state index in [1.807, 2.05) is 0 Å². The minimum Gasteiger partial charge on any atom is -0.402 e. The highest BCUT2D eigenvalue weighted by molar-refractivity contribution is 6.20. The summed E-state index contributed by atoms with van der Waals surface area (Å²) in [6, 6.07) is 0. The number of nitrogens with two attached hydrogens (primary N) is 1. The minimum atomic E-state index is -0.371. The van der Waals surface area contributed by atoms with E-state index < -0.39 is 0 Å². The van der Waals surface area contributed by atoms with Crippen LogP contribution >= 0.6 is 0 Å². The maximum atomic E-state index is 11.8. The molecule has 3 rings (SSSR count). The first-order valence-electron chi connectivity index (χ1n) is 6.05. The third-order valence-electron chi connectivity index (χ3n) is 3.40. The molecule has 0 aliphatic carbocycles. The van der Waals surface area contributed by atoms with Crippen molar-refractivity contribution in [1.82, 2.24) is 9.97 Å². The largest absolute Gasteiger partial charge is 0.402 e. The SMILES string of the molecule is [B]N1CN([C@H]2CC[C@@H](CO)O2)c2nc(N)[nH]c(=O)c21. The number of hydrogen-bond acceptors (Lipinski definition) is 7. The molecule has 2 aliphatic heterocycles. The molecule has 0 spiro atoms. The first kappa shape index (κ1) is 12.3. The summed E-state index contributed by atoms with van der Waals surface area (Å²) in [7, 11) is 5.81. The molecule has 1 fully saturated rings. The van der Waals surface area contributed by atoms with Crippen molar-refractivity contribution >= 4 is 25.4 Å². The van der Waals surface area contributed by atoms with Crippen molar-refractivity contribution in [3.8, 4) is 0 Å². The molecule has 0 aromatic carbocycles. The number of aromatic nitrogens is 2. The van der Waals surface area contributed by atoms with Crippen LogP contribution in [0.1, 0.15) is 12.8 Å². The van der Waals surface area contributed by atoms with E-state index in [0.717, 1.165) is 12.8 Å². The van der Waals surface area contributed by atoms with E-state index in [4.69, 9.17) is 23.6 Å². The third kappa shape index (κ3) is 1.94. The fourth-order valence-corrected chi connectivity index (χ4v) is 2.51. The van der Waals surface area contributed by atoms with Crippen LogP contribution in [-0.2, 0) is 4.74 Å². The summed E-state index contributed by atoms with van der Waals surface area (Å²) in [5, 5.41) is 9.09. The van der Waals surface area contributed by atoms with Gasteiger partial charge in [-0.05, 0) is 12.8 Å². The molecular weight excluding hydrogens is 249 g/mol. The molecule has 0 amide bonds. The Labute approximate surface area is 110 Å². The zero-order valence-corrected chi connectivity index (χ0v) is 10.2. The molecule has 0 unspecified atom stereocenters. The number of rotatable bonds is 2. The molecule has 2 radical (unpaired) electrons. The van der Waals surface area contributed by atoms with Gasteiger partial charge in [0, 0.05) is 0 Å². The van der Waals surface area contributed by atoms with Crippen LogP contribution in [0.25, 0.3) is 0 Å². The summed E-state index contributed by atoms with van der Waals surface area (Å²) in [5.74, 6) is 0.466. The summed E-state index contributed by atoms with van der Waals surface area (Å²) >= 11 is 0. The zero-order chi connectivity index (χ0) is 13.6. The number of nitrogens with one attached hydrogen (secondary N) is 1. The molecule has 0 bridgehead atoms. The van der Waals surface area contributed by atoms with Gasteiger partial charge in [-0.15, -0.1) is 0 Å². The Bertz CT molecular complexity index is 550. The van der Waals surface area contributed by atoms with Crippen LogP contribution in [0.4, 0.5) is 17.5 Å². The number of nitrogen functional groups attached to an aromatic ring is 1. The molecule has 3 heterocycles. The molecule has 19 heavy (non-hydrogen) atoms. The molecule has 2 aliphatic rings. The number of aliphatic hydroxyl groups excluding tert-OH is 1. The quantitative estimate of drug-likeness (QED) is 0.558. The van der Waals surface area contributed by atoms with E-state index in [2.05, 4.69) is 9.97 Å². The average Bonchev–Trinajstić information content (AvgIpc) is 2.93. The predicted octanol–water partition coefficient (Wildman–Crippen LogP) is -1.48. The van der Waals surface area contributed by atoms with Gasteiger partial charge in [-0.25, -0.2) is 0 Å². The number of ether oxygens (including phenoxy) is 1. The van der Waals surface area contributed by atoms with E-state index in [-0.39, 0.29) is 36.1 Å². The molecule has 8 nitrogen and oxygen atoms in total. The molecular formula is C10H14BN5O3. The molecule has 4 N–H and O–H groups in total. The van der Waals surface area contributed by atoms with Gasteiger partial charge in [-0.3, -0.25) is 9.78 Å². The van der Waals surface area contributed by atoms with Crippen LogP contribution in [0.3, 0.4) is 0 Å². The van der Waals surface area contributed by atoms with Crippen molar-refractivity contribution in [2.45, 2.75) is 25.2 Å². The fourth-order valence-electron chi connectivity index (χ4n) is 2.51. The first-order chi connectivity index (χ1) is 9.10. The molecule has 1 aromatic heterocycles. The summed E-state index contributed by atoms with van der Waals surface area (Å²) in [4.78, 5) is 21.5. The standard InChI is InChI=1S/C10H14BN5O3/c11-16-4-15(6-2-1-5(3-17)19-6)8-7(16)9(18)14-10(12)13-8/h5-6,17H,1-4H2,(H3,12,13,14,18)/t5-,6+/m0/s1. The van der Waals surface area contributed by atoms with Gasteiger partial charge in [0.1, 0.15) is 11.9 Å². The lowest BCUT2D eigenvalue weighted by Crippen LogP contribution is -2.38. The zero-order valence-electron chi connectivity index (χ0n) is 10.2. The molecule has 2 atom stereocenters. The maximum absolute atomic E-state index is 11.8. The van der Waals surface area contributed by atoms with E-state index >= 15 is 0 Å². The second-order valence-corrected chi connectivity index (χ2v) is 4.68. The molecule has 9 heteroatoms. The van der Waals surface area contributed by atoms with E-state index in [9.17, 15) is 4.79 Å². The monoisotopic (exact) mass is 263 g/mol. The number of hydrogen-bond donors (Lipinski definition) is 3. The summed E-state index contributed by atoms with van der Waals surface area (Å²) in [5.41, 5.74) is 5.47. The number of fused-ring (bicyclic) bond motifs is 1. The molecule has 1 saturated heterocycles. The predicted molar refractivity (Wildman–Crippen MR) is 69.8 cm³/mol. The summed E-state index contributed by atoms with van der Waals surface area (Å²) in [6.45, 7) is 0.284. The second-order valence-electron chi connectivity index (χ2n) is 4.68. The van der Waals surface area contributed by atoms with Crippen molar-refractivity contribution in [3.05, 3.63) is 10.4 Å². The minimum absolute atomic E-state index is 0.0194. The van der Waals surface area contributed by atoms with Gasteiger partial charge in [0.15, 0.2) is 5.82 Å². The normalized spacial score (nSPS) is 25.9. The molecule has 1 aromatic rings. The van der Waals surface area contributed by atoms with Crippen LogP contribution in [0.2, 0.25) is 0 Å². The van der Waals surface area contributed by atoms with Crippen molar-refractivity contribution in [3.63, 3.8) is 0 Å². The van der Waals surface area contributed by atoms with Gasteiger partial charge in [0.05, 0.1) is 19.4 Å². The van der Waals surface area contributed by atoms with Crippen LogP contribution < -0.4 is 21.0 Å². The van der Waals surface area contributed by atoms with Gasteiger partial charge in [-0.2, -0.15) is 4.98 Å². The third-order valence-corrected chi connectivity index (χ3v) is 3.40. The van der Waals surface area contributed by atoms with Crippen molar-refractivity contribution in [2.24, 2.45) is 0 Å². The van der Waals surface area contributed by atoms with E-state index in [0.29, 0.717) is 12.5 Å². The lowest BCUT2D eigenvalue weighted by Gasteiger charge is -2.25. The van der Waals surface area contributed by atoms with Gasteiger partial charge in [0.25, 0.3) is 5.56 Å². The number of H-pyrrole nitrogens is 1. The Morgan fingerprint density at radius 2 is 2.37 bits per heavy atom. The summed E-state index contributed by atoms with van der Waals surface area (Å²) < 4.78 is 5.68. The van der Waals surface area contributed by atoms with Gasteiger partial charge >= 0.3 is 0 Å². The Morgan fingerprint density at radius 3 is 3.05 bits per heavy atom. The smallest absolute Gasteiger partial charge is 0.276 e. The van der Waals surface area contributed by atoms with Gasteiger partial charge in [-0.1, -0.05) is 0 Å². The Kier molecular flexibility index (Phi) is 2.87. The van der Waals surface area contributed by atoms with Crippen molar-refractivity contribution in [2.75, 3.05) is 28.7 Å². The van der Waals surface area contributed by atoms with Gasteiger partial charge < -0.3 is 25.3 Å². The number of aliphatic hydroxyl groups is 1. The van der Waals surface area contributed by atoms with Crippen LogP contribution in [0.15, 0.2) is 4.79 Å². The maximum Gasteiger partial charge on any atom is 0.276 e. The molecule has 100 valence electrons. The van der Waals surface area contributed by atoms with Crippen LogP contribution in [0.5, 0.6) is 0 Å². The number of nitrogens with zero attached hydrogens (tertiary/aromatic N) is 3. The highest BCUT2D eigenvalue weighted by Gasteiger charge is 2.37. The van der Waals surface area contributed by atoms with Crippen LogP contribution in [-0.4, -0.2) is 48.7 Å². The fraction of sp³-hybridized carbons (Fsp3) is 0.600. The van der Waals surface area contributed by atoms with E-state index in [1.165, 1.54) is 4.81 Å². The Balaban J connectivity index is 1.94. The lowest BCUT2D eigenvalue weighted by molar-refractivity contribution is 0.0113. The first-order valence-corrected chi connectivity index (χ1v) is 6.05. The summed E-state index contributed by atoms with van der Waals surface area (Å²) in [6.07, 6.45) is 1.07. The highest BCUT2D eigenvalue weighted by atomic mass is 16.5. The number of anilines is 3. The van der Waals surface area contributed by atoms with Crippen molar-refractivity contribution in [1.29, 1.82) is 0 Å². The van der Waals surface area contributed by atoms with Crippen LogP contribution in [0, 0.1) is 0 Å². The highest BCUT2D eigenvalue weighted by Crippen LogP contribution is 2.35. The molecule has 0 saturated carbocycles. The van der Waals surface area contributed by atoms with Crippen molar-refractivity contribution < 1.29 is 9.84 Å². The average molecular weight is 263 g/mol. The number of aromatic amines is 1. The lowest BCUT2D eigenvalue weighted by atomic mass is 10.2. The second kappa shape index (κ2) is 4.43. The van der Waals surface area contributed by atoms with E-state index in [1.54, 1.807) is 4.90 Å².